The van der Waals surface area contributed by atoms with Crippen LogP contribution in [0.15, 0.2) is 47.6 Å². The van der Waals surface area contributed by atoms with Crippen LogP contribution in [0, 0.1) is 11.8 Å². The Morgan fingerprint density at radius 3 is 2.68 bits per heavy atom. The van der Waals surface area contributed by atoms with Gasteiger partial charge in [0.15, 0.2) is 0 Å². The van der Waals surface area contributed by atoms with Crippen molar-refractivity contribution in [3.8, 4) is 11.4 Å². The molecule has 3 nitrogen and oxygen atoms in total. The second-order valence-corrected chi connectivity index (χ2v) is 7.43. The van der Waals surface area contributed by atoms with E-state index in [-0.39, 0.29) is 0 Å². The Morgan fingerprint density at radius 2 is 1.96 bits per heavy atom. The van der Waals surface area contributed by atoms with E-state index in [0.29, 0.717) is 0 Å². The van der Waals surface area contributed by atoms with Crippen molar-refractivity contribution in [3.63, 3.8) is 0 Å². The van der Waals surface area contributed by atoms with Gasteiger partial charge in [-0.25, -0.2) is 4.98 Å². The standard InChI is InChI=1S/C22H25N3/c1-16-8-9-17(12-16)13-18-14-21(19-6-2-4-10-23-19)25-22(15-18)20-7-3-5-11-24-20/h2,4,6-7,10-11,14-17H,3,5,8-9,12-13H2,1H3. The lowest BCUT2D eigenvalue weighted by molar-refractivity contribution is 0.513. The molecule has 2 aromatic rings. The average Bonchev–Trinajstić information content (AvgIpc) is 3.07. The van der Waals surface area contributed by atoms with E-state index in [1.807, 2.05) is 30.6 Å². The molecular weight excluding hydrogens is 306 g/mol. The average molecular weight is 331 g/mol. The number of rotatable bonds is 4. The molecule has 0 saturated heterocycles. The van der Waals surface area contributed by atoms with E-state index in [0.717, 1.165) is 53.9 Å². The van der Waals surface area contributed by atoms with E-state index < -0.39 is 0 Å². The zero-order chi connectivity index (χ0) is 17.1. The molecule has 0 N–H and O–H groups in total. The molecule has 0 radical (unpaired) electrons. The molecule has 25 heavy (non-hydrogen) atoms. The van der Waals surface area contributed by atoms with Gasteiger partial charge in [0.1, 0.15) is 0 Å². The fourth-order valence-electron chi connectivity index (χ4n) is 4.01. The SMILES string of the molecule is CC1CCC(Cc2cc(C3=CCCC=N3)nc(-c3ccccn3)c2)C1. The van der Waals surface area contributed by atoms with E-state index in [9.17, 15) is 0 Å². The number of hydrogen-bond donors (Lipinski definition) is 0. The summed E-state index contributed by atoms with van der Waals surface area (Å²) < 4.78 is 0. The van der Waals surface area contributed by atoms with Gasteiger partial charge in [0.05, 0.1) is 22.8 Å². The number of allylic oxidation sites excluding steroid dienone is 1. The molecule has 1 fully saturated rings. The number of pyridine rings is 2. The van der Waals surface area contributed by atoms with Crippen LogP contribution in [0.4, 0.5) is 0 Å². The van der Waals surface area contributed by atoms with Crippen molar-refractivity contribution in [2.45, 2.75) is 45.4 Å². The van der Waals surface area contributed by atoms with Gasteiger partial charge in [-0.15, -0.1) is 0 Å². The lowest BCUT2D eigenvalue weighted by Gasteiger charge is -2.14. The summed E-state index contributed by atoms with van der Waals surface area (Å²) in [5.74, 6) is 1.66. The van der Waals surface area contributed by atoms with Crippen molar-refractivity contribution in [2.24, 2.45) is 16.8 Å². The van der Waals surface area contributed by atoms with Crippen LogP contribution in [0.25, 0.3) is 17.1 Å². The molecular formula is C22H25N3. The molecule has 0 spiro atoms. The van der Waals surface area contributed by atoms with Crippen LogP contribution in [0.1, 0.15) is 50.3 Å². The first kappa shape index (κ1) is 16.2. The van der Waals surface area contributed by atoms with E-state index in [1.54, 1.807) is 0 Å². The molecule has 1 aliphatic carbocycles. The monoisotopic (exact) mass is 331 g/mol. The maximum atomic E-state index is 4.87. The van der Waals surface area contributed by atoms with Crippen molar-refractivity contribution >= 4 is 11.9 Å². The molecule has 2 aromatic heterocycles. The lowest BCUT2D eigenvalue weighted by Crippen LogP contribution is -2.03. The van der Waals surface area contributed by atoms with Gasteiger partial charge in [0.2, 0.25) is 0 Å². The predicted molar refractivity (Wildman–Crippen MR) is 103 cm³/mol. The highest BCUT2D eigenvalue weighted by molar-refractivity contribution is 5.76. The van der Waals surface area contributed by atoms with Gasteiger partial charge in [-0.1, -0.05) is 25.5 Å². The molecule has 128 valence electrons. The third-order valence-electron chi connectivity index (χ3n) is 5.27. The largest absolute Gasteiger partial charge is 0.259 e. The highest BCUT2D eigenvalue weighted by atomic mass is 14.8. The molecule has 2 unspecified atom stereocenters. The number of aliphatic imine (C=N–C) groups is 1. The molecule has 2 aliphatic rings. The molecule has 0 aromatic carbocycles. The summed E-state index contributed by atoms with van der Waals surface area (Å²) in [7, 11) is 0. The summed E-state index contributed by atoms with van der Waals surface area (Å²) in [6, 6.07) is 10.5. The first-order valence-corrected chi connectivity index (χ1v) is 9.43. The molecule has 0 amide bonds. The minimum absolute atomic E-state index is 0.797. The molecule has 2 atom stereocenters. The smallest absolute Gasteiger partial charge is 0.0897 e. The van der Waals surface area contributed by atoms with Crippen molar-refractivity contribution in [2.75, 3.05) is 0 Å². The summed E-state index contributed by atoms with van der Waals surface area (Å²) in [5.41, 5.74) is 5.25. The normalized spacial score (nSPS) is 22.8. The van der Waals surface area contributed by atoms with Gasteiger partial charge in [-0.2, -0.15) is 0 Å². The van der Waals surface area contributed by atoms with Crippen LogP contribution >= 0.6 is 0 Å². The Morgan fingerprint density at radius 1 is 1.04 bits per heavy atom. The first-order chi connectivity index (χ1) is 12.3. The van der Waals surface area contributed by atoms with Crippen molar-refractivity contribution in [1.82, 2.24) is 9.97 Å². The lowest BCUT2D eigenvalue weighted by atomic mass is 9.95. The first-order valence-electron chi connectivity index (χ1n) is 9.43. The van der Waals surface area contributed by atoms with Gasteiger partial charge >= 0.3 is 0 Å². The maximum Gasteiger partial charge on any atom is 0.0897 e. The zero-order valence-electron chi connectivity index (χ0n) is 14.9. The number of aromatic nitrogens is 2. The van der Waals surface area contributed by atoms with Crippen LogP contribution in [-0.2, 0) is 6.42 Å². The Hall–Kier alpha value is -2.29. The van der Waals surface area contributed by atoms with Gasteiger partial charge in [0, 0.05) is 12.4 Å². The topological polar surface area (TPSA) is 38.1 Å². The van der Waals surface area contributed by atoms with Crippen molar-refractivity contribution < 1.29 is 0 Å². The van der Waals surface area contributed by atoms with Crippen molar-refractivity contribution in [1.29, 1.82) is 0 Å². The van der Waals surface area contributed by atoms with Crippen LogP contribution in [0.3, 0.4) is 0 Å². The molecule has 3 heteroatoms. The summed E-state index contributed by atoms with van der Waals surface area (Å²) >= 11 is 0. The fraction of sp³-hybridized carbons (Fsp3) is 0.409. The summed E-state index contributed by atoms with van der Waals surface area (Å²) in [6.07, 6.45) is 13.3. The van der Waals surface area contributed by atoms with Crippen LogP contribution in [-0.4, -0.2) is 16.2 Å². The molecule has 4 rings (SSSR count). The molecule has 1 aliphatic heterocycles. The van der Waals surface area contributed by atoms with Crippen LogP contribution in [0.5, 0.6) is 0 Å². The Labute approximate surface area is 150 Å². The molecule has 3 heterocycles. The highest BCUT2D eigenvalue weighted by Gasteiger charge is 2.22. The fourth-order valence-corrected chi connectivity index (χ4v) is 4.01. The Balaban J connectivity index is 1.70. The highest BCUT2D eigenvalue weighted by Crippen LogP contribution is 2.34. The number of hydrogen-bond acceptors (Lipinski definition) is 3. The number of nitrogens with zero attached hydrogens (tertiary/aromatic N) is 3. The second-order valence-electron chi connectivity index (χ2n) is 7.43. The van der Waals surface area contributed by atoms with Gasteiger partial charge in [0.25, 0.3) is 0 Å². The summed E-state index contributed by atoms with van der Waals surface area (Å²) in [5, 5.41) is 0. The van der Waals surface area contributed by atoms with Crippen molar-refractivity contribution in [3.05, 3.63) is 53.9 Å². The van der Waals surface area contributed by atoms with Crippen LogP contribution in [0.2, 0.25) is 0 Å². The third-order valence-corrected chi connectivity index (χ3v) is 5.27. The molecule has 0 bridgehead atoms. The summed E-state index contributed by atoms with van der Waals surface area (Å²) in [6.45, 7) is 2.37. The third kappa shape index (κ3) is 3.87. The van der Waals surface area contributed by atoms with Crippen LogP contribution < -0.4 is 0 Å². The van der Waals surface area contributed by atoms with Gasteiger partial charge in [-0.05, 0) is 73.8 Å². The van der Waals surface area contributed by atoms with Gasteiger partial charge in [-0.3, -0.25) is 9.98 Å². The van der Waals surface area contributed by atoms with E-state index >= 15 is 0 Å². The predicted octanol–water partition coefficient (Wildman–Crippen LogP) is 5.33. The van der Waals surface area contributed by atoms with Gasteiger partial charge < -0.3 is 0 Å². The minimum Gasteiger partial charge on any atom is -0.259 e. The van der Waals surface area contributed by atoms with E-state index in [4.69, 9.17) is 4.98 Å². The maximum absolute atomic E-state index is 4.87. The Kier molecular flexibility index (Phi) is 4.73. The van der Waals surface area contributed by atoms with E-state index in [2.05, 4.69) is 35.1 Å². The zero-order valence-corrected chi connectivity index (χ0v) is 14.9. The van der Waals surface area contributed by atoms with E-state index in [1.165, 1.54) is 24.8 Å². The molecule has 1 saturated carbocycles. The quantitative estimate of drug-likeness (QED) is 0.759. The second kappa shape index (κ2) is 7.30. The Bertz CT molecular complexity index is 792. The summed E-state index contributed by atoms with van der Waals surface area (Å²) in [4.78, 5) is 13.9. The minimum atomic E-state index is 0.797.